The molecular weight excluding hydrogens is 2310 g/mol. The fourth-order valence-electron chi connectivity index (χ4n) is 18.6. The van der Waals surface area contributed by atoms with Gasteiger partial charge in [-0.05, 0) is 240 Å². The molecule has 5 aliphatic rings. The van der Waals surface area contributed by atoms with Crippen LogP contribution in [0.3, 0.4) is 0 Å². The van der Waals surface area contributed by atoms with Crippen LogP contribution in [0.5, 0.6) is 0 Å². The number of para-hydroxylation sites is 1. The zero-order chi connectivity index (χ0) is 97.8. The third kappa shape index (κ3) is 18.2. The summed E-state index contributed by atoms with van der Waals surface area (Å²) in [6.45, 7) is 12.4. The Labute approximate surface area is 883 Å². The van der Waals surface area contributed by atoms with E-state index in [9.17, 15) is 10.1 Å². The number of hydrogen-bond donors (Lipinski definition) is 0. The van der Waals surface area contributed by atoms with E-state index in [1.165, 1.54) is 9.64 Å². The number of halogens is 8. The van der Waals surface area contributed by atoms with Crippen LogP contribution in [0.15, 0.2) is 410 Å². The van der Waals surface area contributed by atoms with E-state index >= 15 is 0 Å². The molecule has 0 bridgehead atoms. The number of nitrogens with zero attached hydrogens (tertiary/aromatic N) is 16. The van der Waals surface area contributed by atoms with Gasteiger partial charge in [0.15, 0.2) is 28.8 Å². The van der Waals surface area contributed by atoms with Crippen LogP contribution in [0.4, 0.5) is 5.69 Å². The van der Waals surface area contributed by atoms with Crippen molar-refractivity contribution in [1.29, 1.82) is 0 Å². The van der Waals surface area contributed by atoms with Gasteiger partial charge in [-0.15, -0.1) is 0 Å². The van der Waals surface area contributed by atoms with Crippen LogP contribution in [-0.2, 0) is 0 Å². The SMILES string of the molecule is C[C@@H]1N=C(c2ccccc2Br)c2cc(Br)ccc2-n2cnc(-c3ccco3)c21.C[C@@H]1N=C(c2ccccc2Cl)c2cc(Br)ccc2-n2cnc(-c3ccco3)c21.C[C@@H]1N=C(c2ccccc2I)c2cc(Br)ccc2-n2cnc(-c3ccco3)c21.C[C@@H]1N=C(c2ccccc2[N+](=O)[O-])c2cc(Br)ccc2-n2cnc(-c3ccco3)c21.Cc1ccoc1-c1ncn2c1[C@H](C)N=C(c1ccccc1)c1cc(Br)ccc1-2. The molecule has 31 heteroatoms. The third-order valence-electron chi connectivity index (χ3n) is 24.9. The number of hydrogen-bond acceptors (Lipinski definition) is 17. The molecule has 700 valence electrons. The number of aliphatic imine (C=N–C) groups is 5. The van der Waals surface area contributed by atoms with E-state index < -0.39 is 0 Å². The van der Waals surface area contributed by atoms with Gasteiger partial charge in [0.1, 0.15) is 60.1 Å². The molecule has 0 unspecified atom stereocenters. The number of furan rings is 5. The third-order valence-corrected chi connectivity index (χ3v) is 29.3. The standard InChI is InChI=1S/C23H18BrN3O.C22H15Br2N3O.C22H15BrClN3O.C22H15BrIN3O.C22H15BrN4O3/c1-14-10-11-28-23(14)21-22-15(2)26-20(16-6-4-3-5-7-16)18-12-17(24)8-9-19(18)27(22)13-25-21;3*1-13-22-21(19-7-4-10-28-19)25-12-27(22)18-9-8-14(23)11-16(18)20(26-13)15-5-2-3-6-17(15)24;1-13-22-21(19-7-4-10-30-19)24-12-26(22)17-9-8-14(23)11-16(17)20(25-13)15-5-2-3-6-18(15)27(28)29/h3-13,15H,1-2H3;3*2-13H,1H3;2-13H,1H3/t15-;4*13-/m00000/s1. The quantitative estimate of drug-likeness (QED) is 0.0665. The van der Waals surface area contributed by atoms with Crippen LogP contribution >= 0.6 is 130 Å². The molecule has 142 heavy (non-hydrogen) atoms. The van der Waals surface area contributed by atoms with E-state index in [1.54, 1.807) is 55.8 Å². The first-order valence-corrected chi connectivity index (χ1v) is 51.3. The molecule has 0 N–H and O–H groups in total. The molecule has 0 amide bonds. The van der Waals surface area contributed by atoms with Gasteiger partial charge in [-0.1, -0.05) is 204 Å². The molecule has 0 saturated carbocycles. The molecule has 15 heterocycles. The average molecular weight is 2390 g/mol. The van der Waals surface area contributed by atoms with Crippen molar-refractivity contribution in [3.63, 3.8) is 0 Å². The van der Waals surface area contributed by atoms with Crippen LogP contribution in [-0.4, -0.2) is 81.2 Å². The maximum absolute atomic E-state index is 11.7. The van der Waals surface area contributed by atoms with Crippen molar-refractivity contribution in [1.82, 2.24) is 47.8 Å². The molecule has 5 aliphatic heterocycles. The Bertz CT molecular complexity index is 7940. The number of aromatic nitrogens is 10. The van der Waals surface area contributed by atoms with Crippen molar-refractivity contribution in [3.8, 4) is 85.7 Å². The molecule has 10 aromatic heterocycles. The lowest BCUT2D eigenvalue weighted by atomic mass is 9.99. The molecule has 0 aliphatic carbocycles. The zero-order valence-corrected chi connectivity index (χ0v) is 88.6. The average Bonchev–Trinajstić information content (AvgIpc) is 1.62. The molecular formula is C111H78Br6ClIN16O7. The minimum atomic E-state index is -0.374. The van der Waals surface area contributed by atoms with Crippen molar-refractivity contribution in [2.45, 2.75) is 71.8 Å². The molecule has 10 aromatic carbocycles. The van der Waals surface area contributed by atoms with E-state index in [4.69, 9.17) is 63.6 Å². The second-order valence-electron chi connectivity index (χ2n) is 33.7. The number of nitro groups is 1. The first-order valence-electron chi connectivity index (χ1n) is 45.1. The molecule has 0 fully saturated rings. The summed E-state index contributed by atoms with van der Waals surface area (Å²) < 4.78 is 45.8. The van der Waals surface area contributed by atoms with Crippen LogP contribution < -0.4 is 0 Å². The van der Waals surface area contributed by atoms with Gasteiger partial charge in [0, 0.05) is 91.6 Å². The fourth-order valence-corrected chi connectivity index (χ4v) is 21.7. The van der Waals surface area contributed by atoms with E-state index in [1.807, 2.05) is 189 Å². The van der Waals surface area contributed by atoms with E-state index in [2.05, 4.69) is 287 Å². The maximum Gasteiger partial charge on any atom is 0.278 e. The van der Waals surface area contributed by atoms with Crippen molar-refractivity contribution in [3.05, 3.63) is 471 Å². The van der Waals surface area contributed by atoms with Crippen molar-refractivity contribution in [2.24, 2.45) is 25.0 Å². The van der Waals surface area contributed by atoms with Crippen molar-refractivity contribution >= 4 is 164 Å². The smallest absolute Gasteiger partial charge is 0.278 e. The maximum atomic E-state index is 11.7. The monoisotopic (exact) mass is 2380 g/mol. The lowest BCUT2D eigenvalue weighted by Crippen LogP contribution is -2.09. The van der Waals surface area contributed by atoms with Crippen LogP contribution in [0.25, 0.3) is 85.7 Å². The summed E-state index contributed by atoms with van der Waals surface area (Å²) in [5.74, 6) is 3.69. The number of fused-ring (bicyclic) bond motifs is 15. The summed E-state index contributed by atoms with van der Waals surface area (Å²) >= 11 is 30.6. The van der Waals surface area contributed by atoms with Gasteiger partial charge in [-0.25, -0.2) is 24.9 Å². The molecule has 23 nitrogen and oxygen atoms in total. The normalized spacial score (nSPS) is 15.5. The zero-order valence-electron chi connectivity index (χ0n) is 76.2. The summed E-state index contributed by atoms with van der Waals surface area (Å²) in [5, 5.41) is 12.4. The largest absolute Gasteiger partial charge is 0.463 e. The number of imidazole rings is 5. The molecule has 0 radical (unpaired) electrons. The first kappa shape index (κ1) is 94.5. The predicted octanol–water partition coefficient (Wildman–Crippen LogP) is 31.3. The Balaban J connectivity index is 0.000000105. The second-order valence-corrected chi connectivity index (χ2v) is 40.7. The minimum absolute atomic E-state index is 0.0188. The first-order chi connectivity index (χ1) is 69.1. The van der Waals surface area contributed by atoms with Crippen molar-refractivity contribution < 1.29 is 27.0 Å². The molecule has 20 aromatic rings. The predicted molar refractivity (Wildman–Crippen MR) is 584 cm³/mol. The molecule has 25 rings (SSSR count). The Morgan fingerprint density at radius 3 is 0.986 bits per heavy atom. The summed E-state index contributed by atoms with van der Waals surface area (Å²) in [6, 6.07) is 88.5. The van der Waals surface area contributed by atoms with Crippen molar-refractivity contribution in [2.75, 3.05) is 0 Å². The highest BCUT2D eigenvalue weighted by molar-refractivity contribution is 14.1. The van der Waals surface area contributed by atoms with Crippen LogP contribution in [0.2, 0.25) is 5.02 Å². The van der Waals surface area contributed by atoms with Gasteiger partial charge >= 0.3 is 0 Å². The second kappa shape index (κ2) is 40.4. The minimum Gasteiger partial charge on any atom is -0.463 e. The highest BCUT2D eigenvalue weighted by Crippen LogP contribution is 2.47. The Kier molecular flexibility index (Phi) is 26.9. The van der Waals surface area contributed by atoms with E-state index in [0.717, 1.165) is 208 Å². The highest BCUT2D eigenvalue weighted by Gasteiger charge is 2.36. The van der Waals surface area contributed by atoms with Gasteiger partial charge < -0.3 is 22.1 Å². The Morgan fingerprint density at radius 1 is 0.317 bits per heavy atom. The Morgan fingerprint density at radius 2 is 0.627 bits per heavy atom. The topological polar surface area (TPSA) is 260 Å². The van der Waals surface area contributed by atoms with E-state index in [-0.39, 0.29) is 40.8 Å². The van der Waals surface area contributed by atoms with Gasteiger partial charge in [0.05, 0.1) is 157 Å². The van der Waals surface area contributed by atoms with E-state index in [0.29, 0.717) is 27.8 Å². The van der Waals surface area contributed by atoms with Gasteiger partial charge in [0.2, 0.25) is 0 Å². The molecule has 5 atom stereocenters. The molecule has 0 spiro atoms. The molecule has 0 saturated heterocycles. The van der Waals surface area contributed by atoms with Gasteiger partial charge in [0.25, 0.3) is 5.69 Å². The van der Waals surface area contributed by atoms with Crippen LogP contribution in [0, 0.1) is 20.6 Å². The summed E-state index contributed by atoms with van der Waals surface area (Å²) in [5.41, 5.74) is 29.1. The number of nitro benzene ring substituents is 1. The lowest BCUT2D eigenvalue weighted by molar-refractivity contribution is -0.385. The fraction of sp³-hybridized carbons (Fsp3) is 0.0991. The summed E-state index contributed by atoms with van der Waals surface area (Å²) in [6.07, 6.45) is 17.5. The number of benzene rings is 10. The summed E-state index contributed by atoms with van der Waals surface area (Å²) in [4.78, 5) is 60.0. The van der Waals surface area contributed by atoms with Crippen LogP contribution in [0.1, 0.15) is 154 Å². The Hall–Kier alpha value is -13.7. The van der Waals surface area contributed by atoms with Gasteiger partial charge in [-0.3, -0.25) is 57.9 Å². The lowest BCUT2D eigenvalue weighted by Gasteiger charge is -2.13. The summed E-state index contributed by atoms with van der Waals surface area (Å²) in [7, 11) is 0. The van der Waals surface area contributed by atoms with Gasteiger partial charge in [-0.2, -0.15) is 0 Å². The number of aryl methyl sites for hydroxylation is 1. The highest BCUT2D eigenvalue weighted by atomic mass is 127. The number of rotatable bonds is 11.